The lowest BCUT2D eigenvalue weighted by atomic mass is 10.1. The number of carbonyl (C=O) groups excluding carboxylic acids is 2. The van der Waals surface area contributed by atoms with Crippen LogP contribution in [0.1, 0.15) is 45.8 Å². The molecule has 0 unspecified atom stereocenters. The fraction of sp³-hybridized carbons (Fsp3) is 0.333. The molecule has 2 aromatic heterocycles. The van der Waals surface area contributed by atoms with Gasteiger partial charge in [-0.15, -0.1) is 11.3 Å². The van der Waals surface area contributed by atoms with Crippen LogP contribution in [0.25, 0.3) is 10.8 Å². The molecule has 0 aliphatic heterocycles. The average molecular weight is 410 g/mol. The van der Waals surface area contributed by atoms with Crippen molar-refractivity contribution in [2.45, 2.75) is 45.6 Å². The van der Waals surface area contributed by atoms with Gasteiger partial charge in [-0.25, -0.2) is 4.68 Å². The minimum absolute atomic E-state index is 0.231. The van der Waals surface area contributed by atoms with Crippen LogP contribution < -0.4 is 16.6 Å². The van der Waals surface area contributed by atoms with Crippen molar-refractivity contribution in [1.29, 1.82) is 0 Å². The molecule has 150 valence electrons. The van der Waals surface area contributed by atoms with Gasteiger partial charge in [0.25, 0.3) is 11.5 Å². The van der Waals surface area contributed by atoms with Gasteiger partial charge in [0.15, 0.2) is 0 Å². The Labute approximate surface area is 171 Å². The van der Waals surface area contributed by atoms with Crippen LogP contribution in [0.15, 0.2) is 29.1 Å². The number of nitrogens with one attached hydrogen (secondary N) is 1. The van der Waals surface area contributed by atoms with Crippen LogP contribution >= 0.6 is 11.3 Å². The predicted octanol–water partition coefficient (Wildman–Crippen LogP) is 2.77. The van der Waals surface area contributed by atoms with Gasteiger partial charge >= 0.3 is 0 Å². The molecule has 0 atom stereocenters. The minimum atomic E-state index is -0.531. The van der Waals surface area contributed by atoms with Crippen molar-refractivity contribution in [2.75, 3.05) is 5.32 Å². The van der Waals surface area contributed by atoms with Crippen LogP contribution in [-0.4, -0.2) is 21.6 Å². The summed E-state index contributed by atoms with van der Waals surface area (Å²) in [6, 6.07) is 7.19. The number of aromatic nitrogens is 2. The van der Waals surface area contributed by atoms with E-state index in [0.717, 1.165) is 52.6 Å². The fourth-order valence-electron chi connectivity index (χ4n) is 3.91. The SMILES string of the molecule is Cc1nn(CC(=O)Nc2sc3c(c2C(N)=O)CCCCC3)c(=O)c2ccccc12. The summed E-state index contributed by atoms with van der Waals surface area (Å²) >= 11 is 1.41. The van der Waals surface area contributed by atoms with Crippen molar-refractivity contribution in [3.63, 3.8) is 0 Å². The maximum Gasteiger partial charge on any atom is 0.275 e. The number of hydrogen-bond donors (Lipinski definition) is 2. The summed E-state index contributed by atoms with van der Waals surface area (Å²) < 4.78 is 1.16. The zero-order valence-corrected chi connectivity index (χ0v) is 17.0. The van der Waals surface area contributed by atoms with Gasteiger partial charge in [-0.1, -0.05) is 24.6 Å². The molecule has 0 saturated heterocycles. The number of hydrogen-bond acceptors (Lipinski definition) is 5. The quantitative estimate of drug-likeness (QED) is 0.645. The van der Waals surface area contributed by atoms with E-state index in [1.807, 2.05) is 12.1 Å². The monoisotopic (exact) mass is 410 g/mol. The first-order valence-electron chi connectivity index (χ1n) is 9.66. The number of amides is 2. The normalized spacial score (nSPS) is 13.7. The van der Waals surface area contributed by atoms with E-state index in [0.29, 0.717) is 21.6 Å². The molecule has 1 aromatic carbocycles. The van der Waals surface area contributed by atoms with Crippen molar-refractivity contribution in [1.82, 2.24) is 9.78 Å². The molecule has 0 radical (unpaired) electrons. The largest absolute Gasteiger partial charge is 0.365 e. The van der Waals surface area contributed by atoms with Gasteiger partial charge in [0.05, 0.1) is 16.6 Å². The standard InChI is InChI=1S/C21H22N4O3S/c1-12-13-7-5-6-8-14(13)21(28)25(24-12)11-17(26)23-20-18(19(22)27)15-9-3-2-4-10-16(15)29-20/h5-8H,2-4,9-11H2,1H3,(H2,22,27)(H,23,26). The smallest absolute Gasteiger partial charge is 0.275 e. The average Bonchev–Trinajstić information content (AvgIpc) is 2.86. The van der Waals surface area contributed by atoms with E-state index < -0.39 is 11.8 Å². The van der Waals surface area contributed by atoms with Crippen LogP contribution in [0.5, 0.6) is 0 Å². The molecule has 0 saturated carbocycles. The number of fused-ring (bicyclic) bond motifs is 2. The number of aryl methyl sites for hydroxylation is 2. The first-order valence-corrected chi connectivity index (χ1v) is 10.5. The number of nitrogens with zero attached hydrogens (tertiary/aromatic N) is 2. The lowest BCUT2D eigenvalue weighted by Crippen LogP contribution is -2.30. The Morgan fingerprint density at radius 1 is 1.17 bits per heavy atom. The highest BCUT2D eigenvalue weighted by atomic mass is 32.1. The number of rotatable bonds is 4. The summed E-state index contributed by atoms with van der Waals surface area (Å²) in [6.07, 6.45) is 4.88. The van der Waals surface area contributed by atoms with Crippen LogP contribution in [0.3, 0.4) is 0 Å². The summed E-state index contributed by atoms with van der Waals surface area (Å²) in [5.74, 6) is -0.940. The molecule has 29 heavy (non-hydrogen) atoms. The Bertz CT molecular complexity index is 1180. The van der Waals surface area contributed by atoms with E-state index in [1.165, 1.54) is 11.3 Å². The molecular formula is C21H22N4O3S. The second-order valence-electron chi connectivity index (χ2n) is 7.27. The number of thiophene rings is 1. The third-order valence-corrected chi connectivity index (χ3v) is 6.47. The molecule has 2 heterocycles. The summed E-state index contributed by atoms with van der Waals surface area (Å²) in [4.78, 5) is 38.5. The maximum atomic E-state index is 12.7. The van der Waals surface area contributed by atoms with Gasteiger partial charge in [0.2, 0.25) is 5.91 Å². The predicted molar refractivity (Wildman–Crippen MR) is 113 cm³/mol. The number of anilines is 1. The number of nitrogens with two attached hydrogens (primary N) is 1. The van der Waals surface area contributed by atoms with E-state index in [-0.39, 0.29) is 12.1 Å². The van der Waals surface area contributed by atoms with Crippen LogP contribution in [-0.2, 0) is 24.2 Å². The highest BCUT2D eigenvalue weighted by molar-refractivity contribution is 7.17. The lowest BCUT2D eigenvalue weighted by molar-refractivity contribution is -0.116. The van der Waals surface area contributed by atoms with Gasteiger partial charge < -0.3 is 11.1 Å². The molecule has 1 aliphatic carbocycles. The Balaban J connectivity index is 1.63. The van der Waals surface area contributed by atoms with Gasteiger partial charge in [0, 0.05) is 10.3 Å². The minimum Gasteiger partial charge on any atom is -0.365 e. The summed E-state index contributed by atoms with van der Waals surface area (Å²) in [7, 11) is 0. The van der Waals surface area contributed by atoms with Crippen LogP contribution in [0, 0.1) is 6.92 Å². The van der Waals surface area contributed by atoms with Crippen molar-refractivity contribution >= 4 is 38.9 Å². The summed E-state index contributed by atoms with van der Waals surface area (Å²) in [6.45, 7) is 1.57. The molecule has 3 aromatic rings. The molecule has 7 nitrogen and oxygen atoms in total. The van der Waals surface area contributed by atoms with Gasteiger partial charge in [-0.2, -0.15) is 5.10 Å². The molecule has 0 bridgehead atoms. The van der Waals surface area contributed by atoms with Gasteiger partial charge in [0.1, 0.15) is 11.5 Å². The molecule has 1 aliphatic rings. The highest BCUT2D eigenvalue weighted by Crippen LogP contribution is 2.37. The van der Waals surface area contributed by atoms with Gasteiger partial charge in [-0.05, 0) is 44.2 Å². The van der Waals surface area contributed by atoms with Crippen molar-refractivity contribution in [3.05, 3.63) is 56.3 Å². The molecule has 0 spiro atoms. The number of carbonyl (C=O) groups is 2. The zero-order chi connectivity index (χ0) is 20.5. The van der Waals surface area contributed by atoms with E-state index >= 15 is 0 Å². The fourth-order valence-corrected chi connectivity index (χ4v) is 5.22. The first kappa shape index (κ1) is 19.3. The lowest BCUT2D eigenvalue weighted by Gasteiger charge is -2.09. The van der Waals surface area contributed by atoms with E-state index in [2.05, 4.69) is 10.4 Å². The molecule has 8 heteroatoms. The zero-order valence-electron chi connectivity index (χ0n) is 16.2. The van der Waals surface area contributed by atoms with E-state index in [4.69, 9.17) is 5.73 Å². The molecule has 0 fully saturated rings. The number of primary amides is 1. The summed E-state index contributed by atoms with van der Waals surface area (Å²) in [5.41, 5.74) is 7.35. The summed E-state index contributed by atoms with van der Waals surface area (Å²) in [5, 5.41) is 8.83. The second-order valence-corrected chi connectivity index (χ2v) is 8.38. The molecule has 2 amide bonds. The second kappa shape index (κ2) is 7.79. The third kappa shape index (κ3) is 3.67. The molecular weight excluding hydrogens is 388 g/mol. The Kier molecular flexibility index (Phi) is 5.19. The Hall–Kier alpha value is -3.00. The maximum absolute atomic E-state index is 12.7. The highest BCUT2D eigenvalue weighted by Gasteiger charge is 2.24. The van der Waals surface area contributed by atoms with Gasteiger partial charge in [-0.3, -0.25) is 14.4 Å². The van der Waals surface area contributed by atoms with Crippen LogP contribution in [0.2, 0.25) is 0 Å². The number of benzene rings is 1. The Morgan fingerprint density at radius 3 is 2.66 bits per heavy atom. The molecule has 3 N–H and O–H groups in total. The van der Waals surface area contributed by atoms with E-state index in [9.17, 15) is 14.4 Å². The van der Waals surface area contributed by atoms with Crippen LogP contribution in [0.4, 0.5) is 5.00 Å². The first-order chi connectivity index (χ1) is 14.0. The third-order valence-electron chi connectivity index (χ3n) is 5.27. The van der Waals surface area contributed by atoms with Crippen molar-refractivity contribution in [3.8, 4) is 0 Å². The van der Waals surface area contributed by atoms with Crippen molar-refractivity contribution in [2.24, 2.45) is 5.73 Å². The van der Waals surface area contributed by atoms with Crippen molar-refractivity contribution < 1.29 is 9.59 Å². The topological polar surface area (TPSA) is 107 Å². The Morgan fingerprint density at radius 2 is 1.90 bits per heavy atom. The molecule has 4 rings (SSSR count). The van der Waals surface area contributed by atoms with E-state index in [1.54, 1.807) is 19.1 Å².